The summed E-state index contributed by atoms with van der Waals surface area (Å²) in [5.74, 6) is -1.66. The van der Waals surface area contributed by atoms with Crippen molar-refractivity contribution in [3.63, 3.8) is 0 Å². The van der Waals surface area contributed by atoms with Crippen LogP contribution in [0.3, 0.4) is 0 Å². The van der Waals surface area contributed by atoms with Crippen LogP contribution in [0.25, 0.3) is 0 Å². The van der Waals surface area contributed by atoms with E-state index in [9.17, 15) is 19.8 Å². The maximum Gasteiger partial charge on any atom is 0.270 e. The molecular formula is C20H29ClN4O5S. The van der Waals surface area contributed by atoms with Crippen LogP contribution >= 0.6 is 23.7 Å². The SMILES string of the molecule is COc1cc(O)c(O)cc1C(=O)Nc1nc(C(=O)NCCN(C(C)C)C(C)C)cs1.Cl. The van der Waals surface area contributed by atoms with E-state index >= 15 is 0 Å². The number of methoxy groups -OCH3 is 1. The van der Waals surface area contributed by atoms with Crippen molar-refractivity contribution in [2.45, 2.75) is 39.8 Å². The molecule has 0 spiro atoms. The molecule has 2 rings (SSSR count). The molecule has 0 aliphatic carbocycles. The number of nitrogens with one attached hydrogen (secondary N) is 2. The maximum atomic E-state index is 12.5. The Bertz CT molecular complexity index is 896. The second-order valence-electron chi connectivity index (χ2n) is 7.21. The smallest absolute Gasteiger partial charge is 0.270 e. The molecule has 172 valence electrons. The number of carbonyl (C=O) groups excluding carboxylic acids is 2. The first-order valence-electron chi connectivity index (χ1n) is 9.54. The number of aromatic nitrogens is 1. The van der Waals surface area contributed by atoms with E-state index in [4.69, 9.17) is 4.74 Å². The summed E-state index contributed by atoms with van der Waals surface area (Å²) >= 11 is 1.10. The molecule has 4 N–H and O–H groups in total. The number of anilines is 1. The summed E-state index contributed by atoms with van der Waals surface area (Å²) in [5.41, 5.74) is 0.230. The third-order valence-corrected chi connectivity index (χ3v) is 5.24. The zero-order valence-electron chi connectivity index (χ0n) is 18.1. The molecule has 0 radical (unpaired) electrons. The summed E-state index contributed by atoms with van der Waals surface area (Å²) in [6.45, 7) is 9.65. The summed E-state index contributed by atoms with van der Waals surface area (Å²) in [6.07, 6.45) is 0. The number of thiazole rings is 1. The zero-order chi connectivity index (χ0) is 22.4. The number of phenolic OH excluding ortho intramolecular Hbond substituents is 2. The van der Waals surface area contributed by atoms with E-state index in [0.29, 0.717) is 18.6 Å². The Hall–Kier alpha value is -2.56. The summed E-state index contributed by atoms with van der Waals surface area (Å²) in [4.78, 5) is 31.2. The van der Waals surface area contributed by atoms with Crippen LogP contribution in [0.2, 0.25) is 0 Å². The Kier molecular flexibility index (Phi) is 10.0. The highest BCUT2D eigenvalue weighted by Gasteiger charge is 2.19. The minimum Gasteiger partial charge on any atom is -0.504 e. The molecule has 0 saturated heterocycles. The normalized spacial score (nSPS) is 10.8. The lowest BCUT2D eigenvalue weighted by atomic mass is 10.1. The van der Waals surface area contributed by atoms with Crippen molar-refractivity contribution in [3.05, 3.63) is 28.8 Å². The Morgan fingerprint density at radius 3 is 2.32 bits per heavy atom. The minimum atomic E-state index is -0.590. The first kappa shape index (κ1) is 26.5. The molecule has 1 aromatic heterocycles. The van der Waals surface area contributed by atoms with Gasteiger partial charge in [-0.2, -0.15) is 0 Å². The molecule has 0 aliphatic heterocycles. The average molecular weight is 473 g/mol. The topological polar surface area (TPSA) is 124 Å². The van der Waals surface area contributed by atoms with Crippen LogP contribution in [0, 0.1) is 0 Å². The molecule has 31 heavy (non-hydrogen) atoms. The number of amides is 2. The predicted molar refractivity (Wildman–Crippen MR) is 123 cm³/mol. The van der Waals surface area contributed by atoms with Crippen molar-refractivity contribution in [2.75, 3.05) is 25.5 Å². The van der Waals surface area contributed by atoms with Gasteiger partial charge in [0, 0.05) is 42.7 Å². The second kappa shape index (κ2) is 11.7. The van der Waals surface area contributed by atoms with E-state index in [-0.39, 0.29) is 40.5 Å². The molecule has 0 bridgehead atoms. The molecule has 0 atom stereocenters. The largest absolute Gasteiger partial charge is 0.504 e. The van der Waals surface area contributed by atoms with Crippen molar-refractivity contribution in [1.82, 2.24) is 15.2 Å². The fourth-order valence-corrected chi connectivity index (χ4v) is 3.69. The number of rotatable bonds is 9. The highest BCUT2D eigenvalue weighted by Crippen LogP contribution is 2.33. The monoisotopic (exact) mass is 472 g/mol. The van der Waals surface area contributed by atoms with Gasteiger partial charge in [0.1, 0.15) is 11.4 Å². The van der Waals surface area contributed by atoms with Gasteiger partial charge in [0.25, 0.3) is 11.8 Å². The van der Waals surface area contributed by atoms with Crippen LogP contribution in [-0.2, 0) is 0 Å². The van der Waals surface area contributed by atoms with Gasteiger partial charge in [0.15, 0.2) is 16.6 Å². The summed E-state index contributed by atoms with van der Waals surface area (Å²) < 4.78 is 5.06. The quantitative estimate of drug-likeness (QED) is 0.413. The number of halogens is 1. The molecule has 1 aromatic carbocycles. The van der Waals surface area contributed by atoms with Gasteiger partial charge in [-0.25, -0.2) is 4.98 Å². The Morgan fingerprint density at radius 1 is 1.13 bits per heavy atom. The average Bonchev–Trinajstić information content (AvgIpc) is 3.14. The van der Waals surface area contributed by atoms with E-state index in [2.05, 4.69) is 48.2 Å². The number of aromatic hydroxyl groups is 2. The fraction of sp³-hybridized carbons (Fsp3) is 0.450. The molecule has 0 fully saturated rings. The van der Waals surface area contributed by atoms with E-state index in [1.54, 1.807) is 5.38 Å². The lowest BCUT2D eigenvalue weighted by Gasteiger charge is -2.30. The summed E-state index contributed by atoms with van der Waals surface area (Å²) in [7, 11) is 1.34. The second-order valence-corrected chi connectivity index (χ2v) is 8.07. The molecular weight excluding hydrogens is 444 g/mol. The van der Waals surface area contributed by atoms with Gasteiger partial charge in [-0.1, -0.05) is 0 Å². The van der Waals surface area contributed by atoms with Crippen molar-refractivity contribution in [1.29, 1.82) is 0 Å². The molecule has 0 aliphatic rings. The van der Waals surface area contributed by atoms with Crippen LogP contribution < -0.4 is 15.4 Å². The van der Waals surface area contributed by atoms with Gasteiger partial charge in [-0.15, -0.1) is 23.7 Å². The number of hydrogen-bond acceptors (Lipinski definition) is 8. The van der Waals surface area contributed by atoms with E-state index in [1.807, 2.05) is 0 Å². The molecule has 2 amide bonds. The first-order valence-corrected chi connectivity index (χ1v) is 10.4. The predicted octanol–water partition coefficient (Wildman–Crippen LogP) is 3.09. The third kappa shape index (κ3) is 6.98. The highest BCUT2D eigenvalue weighted by atomic mass is 35.5. The molecule has 11 heteroatoms. The molecule has 0 unspecified atom stereocenters. The summed E-state index contributed by atoms with van der Waals surface area (Å²) in [6, 6.07) is 2.99. The number of nitrogens with zero attached hydrogens (tertiary/aromatic N) is 2. The third-order valence-electron chi connectivity index (χ3n) is 4.48. The molecule has 0 saturated carbocycles. The van der Waals surface area contributed by atoms with Crippen LogP contribution in [0.15, 0.2) is 17.5 Å². The number of phenols is 2. The lowest BCUT2D eigenvalue weighted by molar-refractivity contribution is 0.0934. The van der Waals surface area contributed by atoms with E-state index < -0.39 is 17.4 Å². The Balaban J connectivity index is 0.00000480. The van der Waals surface area contributed by atoms with Gasteiger partial charge in [0.2, 0.25) is 0 Å². The van der Waals surface area contributed by atoms with E-state index in [0.717, 1.165) is 30.0 Å². The lowest BCUT2D eigenvalue weighted by Crippen LogP contribution is -2.42. The van der Waals surface area contributed by atoms with Gasteiger partial charge < -0.3 is 20.3 Å². The van der Waals surface area contributed by atoms with Crippen LogP contribution in [0.1, 0.15) is 48.5 Å². The van der Waals surface area contributed by atoms with Crippen LogP contribution in [0.5, 0.6) is 17.2 Å². The zero-order valence-corrected chi connectivity index (χ0v) is 19.8. The first-order chi connectivity index (χ1) is 14.1. The van der Waals surface area contributed by atoms with E-state index in [1.165, 1.54) is 7.11 Å². The van der Waals surface area contributed by atoms with Gasteiger partial charge in [-0.3, -0.25) is 19.8 Å². The standard InChI is InChI=1S/C20H28N4O5S.ClH/c1-11(2)24(12(3)4)7-6-21-19(28)14-10-30-20(22-14)23-18(27)13-8-15(25)16(26)9-17(13)29-5;/h8-12,25-26H,6-7H2,1-5H3,(H,21,28)(H,22,23,27);1H. The van der Waals surface area contributed by atoms with Crippen LogP contribution in [-0.4, -0.2) is 64.2 Å². The number of benzene rings is 1. The minimum absolute atomic E-state index is 0. The number of carbonyl (C=O) groups is 2. The molecule has 2 aromatic rings. The highest BCUT2D eigenvalue weighted by molar-refractivity contribution is 7.14. The van der Waals surface area contributed by atoms with Crippen molar-refractivity contribution in [3.8, 4) is 17.2 Å². The van der Waals surface area contributed by atoms with Crippen molar-refractivity contribution < 1.29 is 24.5 Å². The van der Waals surface area contributed by atoms with Crippen molar-refractivity contribution in [2.24, 2.45) is 0 Å². The molecule has 9 nitrogen and oxygen atoms in total. The number of hydrogen-bond donors (Lipinski definition) is 4. The fourth-order valence-electron chi connectivity index (χ4n) is 3.01. The maximum absolute atomic E-state index is 12.5. The Labute approximate surface area is 191 Å². The Morgan fingerprint density at radius 2 is 1.74 bits per heavy atom. The number of ether oxygens (including phenoxy) is 1. The molecule has 1 heterocycles. The summed E-state index contributed by atoms with van der Waals surface area (Å²) in [5, 5.41) is 26.4. The van der Waals surface area contributed by atoms with Crippen molar-refractivity contribution >= 4 is 40.7 Å². The van der Waals surface area contributed by atoms with Gasteiger partial charge >= 0.3 is 0 Å². The van der Waals surface area contributed by atoms with Gasteiger partial charge in [0.05, 0.1) is 12.7 Å². The van der Waals surface area contributed by atoms with Gasteiger partial charge in [-0.05, 0) is 27.7 Å². The van der Waals surface area contributed by atoms with Crippen LogP contribution in [0.4, 0.5) is 5.13 Å².